The van der Waals surface area contributed by atoms with E-state index in [2.05, 4.69) is 23.8 Å². The van der Waals surface area contributed by atoms with E-state index in [0.717, 1.165) is 30.7 Å². The summed E-state index contributed by atoms with van der Waals surface area (Å²) in [6, 6.07) is 7.24. The van der Waals surface area contributed by atoms with Crippen LogP contribution < -0.4 is 4.74 Å². The van der Waals surface area contributed by atoms with Gasteiger partial charge in [0.1, 0.15) is 11.6 Å². The van der Waals surface area contributed by atoms with Crippen molar-refractivity contribution < 1.29 is 17.9 Å². The number of alkyl halides is 2. The van der Waals surface area contributed by atoms with Crippen LogP contribution in [0, 0.1) is 11.7 Å². The van der Waals surface area contributed by atoms with Gasteiger partial charge in [-0.3, -0.25) is 0 Å². The molecular formula is C25H29F3O. The summed E-state index contributed by atoms with van der Waals surface area (Å²) in [7, 11) is 0. The smallest absolute Gasteiger partial charge is 0.387 e. The molecule has 3 rings (SSSR count). The molecule has 0 atom stereocenters. The Labute approximate surface area is 171 Å². The predicted molar refractivity (Wildman–Crippen MR) is 114 cm³/mol. The molecule has 1 fully saturated rings. The van der Waals surface area contributed by atoms with Crippen molar-refractivity contribution in [3.05, 3.63) is 59.4 Å². The van der Waals surface area contributed by atoms with Gasteiger partial charge in [0, 0.05) is 5.39 Å². The van der Waals surface area contributed by atoms with E-state index in [1.807, 2.05) is 12.1 Å². The molecule has 1 aliphatic carbocycles. The fourth-order valence-electron chi connectivity index (χ4n) is 4.43. The molecule has 1 saturated carbocycles. The van der Waals surface area contributed by atoms with Gasteiger partial charge < -0.3 is 4.74 Å². The molecule has 2 aromatic carbocycles. The SMILES string of the molecule is C/C=C/CCC1CCC(c2ccc3c(F)c(/C=C/C)c(OC(F)F)cc3c2)CC1. The van der Waals surface area contributed by atoms with Gasteiger partial charge in [-0.05, 0) is 81.2 Å². The molecule has 29 heavy (non-hydrogen) atoms. The normalized spacial score (nSPS) is 20.3. The van der Waals surface area contributed by atoms with Crippen LogP contribution in [0.15, 0.2) is 42.5 Å². The van der Waals surface area contributed by atoms with Crippen molar-refractivity contribution in [3.63, 3.8) is 0 Å². The first kappa shape index (κ1) is 21.5. The Balaban J connectivity index is 1.83. The van der Waals surface area contributed by atoms with Crippen molar-refractivity contribution in [3.8, 4) is 5.75 Å². The van der Waals surface area contributed by atoms with E-state index in [-0.39, 0.29) is 11.3 Å². The molecule has 0 unspecified atom stereocenters. The van der Waals surface area contributed by atoms with Crippen LogP contribution in [0.4, 0.5) is 13.2 Å². The molecule has 1 nitrogen and oxygen atoms in total. The average Bonchev–Trinajstić information content (AvgIpc) is 2.71. The molecule has 0 spiro atoms. The first-order valence-electron chi connectivity index (χ1n) is 10.5. The van der Waals surface area contributed by atoms with Crippen molar-refractivity contribution >= 4 is 16.8 Å². The minimum Gasteiger partial charge on any atom is -0.434 e. The number of ether oxygens (including phenoxy) is 1. The van der Waals surface area contributed by atoms with Crippen molar-refractivity contribution in [1.82, 2.24) is 0 Å². The highest BCUT2D eigenvalue weighted by atomic mass is 19.3. The van der Waals surface area contributed by atoms with Gasteiger partial charge in [0.25, 0.3) is 0 Å². The number of rotatable bonds is 7. The van der Waals surface area contributed by atoms with Crippen LogP contribution in [0.25, 0.3) is 16.8 Å². The molecule has 2 aromatic rings. The van der Waals surface area contributed by atoms with Gasteiger partial charge in [0.2, 0.25) is 0 Å². The largest absolute Gasteiger partial charge is 0.434 e. The zero-order valence-corrected chi connectivity index (χ0v) is 17.1. The lowest BCUT2D eigenvalue weighted by molar-refractivity contribution is -0.0500. The lowest BCUT2D eigenvalue weighted by atomic mass is 9.77. The fourth-order valence-corrected chi connectivity index (χ4v) is 4.43. The molecule has 0 amide bonds. The van der Waals surface area contributed by atoms with E-state index in [1.54, 1.807) is 19.1 Å². The van der Waals surface area contributed by atoms with E-state index in [9.17, 15) is 13.2 Å². The Kier molecular flexibility index (Phi) is 7.40. The van der Waals surface area contributed by atoms with Crippen LogP contribution in [0.2, 0.25) is 0 Å². The van der Waals surface area contributed by atoms with E-state index < -0.39 is 12.4 Å². The summed E-state index contributed by atoms with van der Waals surface area (Å²) >= 11 is 0. The number of halogens is 3. The highest BCUT2D eigenvalue weighted by molar-refractivity contribution is 5.88. The topological polar surface area (TPSA) is 9.23 Å². The Bertz CT molecular complexity index is 877. The van der Waals surface area contributed by atoms with Crippen LogP contribution in [-0.4, -0.2) is 6.61 Å². The number of hydrogen-bond donors (Lipinski definition) is 0. The standard InChI is InChI=1S/C25H29F3O/c1-3-5-6-8-17-9-11-18(12-10-17)19-13-14-21-20(15-19)16-23(29-25(27)28)22(7-4-2)24(21)26/h3-5,7,13-18,25H,6,8-12H2,1-2H3/b5-3+,7-4+. The molecule has 0 aliphatic heterocycles. The number of benzene rings is 2. The second kappa shape index (κ2) is 10.00. The Morgan fingerprint density at radius 1 is 1.07 bits per heavy atom. The average molecular weight is 403 g/mol. The lowest BCUT2D eigenvalue weighted by Gasteiger charge is -2.29. The van der Waals surface area contributed by atoms with Gasteiger partial charge >= 0.3 is 6.61 Å². The van der Waals surface area contributed by atoms with Crippen molar-refractivity contribution in [2.45, 2.75) is 64.9 Å². The van der Waals surface area contributed by atoms with E-state index in [1.165, 1.54) is 31.4 Å². The molecule has 0 saturated heterocycles. The van der Waals surface area contributed by atoms with Gasteiger partial charge in [-0.2, -0.15) is 8.78 Å². The number of allylic oxidation sites excluding steroid dienone is 3. The molecule has 0 heterocycles. The van der Waals surface area contributed by atoms with Gasteiger partial charge in [-0.15, -0.1) is 0 Å². The van der Waals surface area contributed by atoms with Gasteiger partial charge in [-0.25, -0.2) is 4.39 Å². The van der Waals surface area contributed by atoms with Crippen LogP contribution >= 0.6 is 0 Å². The summed E-state index contributed by atoms with van der Waals surface area (Å²) in [5.74, 6) is 0.577. The third-order valence-corrected chi connectivity index (χ3v) is 5.95. The molecule has 0 bridgehead atoms. The maximum atomic E-state index is 15.0. The summed E-state index contributed by atoms with van der Waals surface area (Å²) in [5.41, 5.74) is 1.22. The summed E-state index contributed by atoms with van der Waals surface area (Å²) in [5, 5.41) is 1.04. The summed E-state index contributed by atoms with van der Waals surface area (Å²) in [6.07, 6.45) is 14.4. The monoisotopic (exact) mass is 402 g/mol. The van der Waals surface area contributed by atoms with Crippen LogP contribution in [-0.2, 0) is 0 Å². The van der Waals surface area contributed by atoms with Crippen LogP contribution in [0.3, 0.4) is 0 Å². The third-order valence-electron chi connectivity index (χ3n) is 5.95. The molecule has 0 radical (unpaired) electrons. The molecule has 4 heteroatoms. The second-order valence-corrected chi connectivity index (χ2v) is 7.83. The summed E-state index contributed by atoms with van der Waals surface area (Å²) in [4.78, 5) is 0. The van der Waals surface area contributed by atoms with E-state index >= 15 is 0 Å². The molecule has 1 aliphatic rings. The van der Waals surface area contributed by atoms with Crippen LogP contribution in [0.5, 0.6) is 5.75 Å². The van der Waals surface area contributed by atoms with E-state index in [4.69, 9.17) is 0 Å². The first-order chi connectivity index (χ1) is 14.0. The molecule has 156 valence electrons. The first-order valence-corrected chi connectivity index (χ1v) is 10.5. The summed E-state index contributed by atoms with van der Waals surface area (Å²) < 4.78 is 45.2. The Morgan fingerprint density at radius 2 is 1.83 bits per heavy atom. The quantitative estimate of drug-likeness (QED) is 0.424. The predicted octanol–water partition coefficient (Wildman–Crippen LogP) is 8.24. The minimum atomic E-state index is -2.99. The second-order valence-electron chi connectivity index (χ2n) is 7.83. The van der Waals surface area contributed by atoms with Gasteiger partial charge in [0.15, 0.2) is 0 Å². The molecule has 0 aromatic heterocycles. The maximum Gasteiger partial charge on any atom is 0.387 e. The molecular weight excluding hydrogens is 373 g/mol. The van der Waals surface area contributed by atoms with Crippen molar-refractivity contribution in [2.24, 2.45) is 5.92 Å². The Morgan fingerprint density at radius 3 is 2.48 bits per heavy atom. The summed E-state index contributed by atoms with van der Waals surface area (Å²) in [6.45, 7) is 0.781. The Hall–Kier alpha value is -2.23. The van der Waals surface area contributed by atoms with Gasteiger partial charge in [-0.1, -0.05) is 42.5 Å². The molecule has 0 N–H and O–H groups in total. The van der Waals surface area contributed by atoms with E-state index in [0.29, 0.717) is 16.7 Å². The fraction of sp³-hybridized carbons (Fsp3) is 0.440. The minimum absolute atomic E-state index is 0.0645. The lowest BCUT2D eigenvalue weighted by Crippen LogP contribution is -2.13. The number of hydrogen-bond acceptors (Lipinski definition) is 1. The van der Waals surface area contributed by atoms with Crippen molar-refractivity contribution in [2.75, 3.05) is 0 Å². The number of fused-ring (bicyclic) bond motifs is 1. The highest BCUT2D eigenvalue weighted by Gasteiger charge is 2.23. The van der Waals surface area contributed by atoms with Crippen molar-refractivity contribution in [1.29, 1.82) is 0 Å². The maximum absolute atomic E-state index is 15.0. The van der Waals surface area contributed by atoms with Crippen LogP contribution in [0.1, 0.15) is 69.4 Å². The third kappa shape index (κ3) is 5.23. The highest BCUT2D eigenvalue weighted by Crippen LogP contribution is 2.40. The van der Waals surface area contributed by atoms with Gasteiger partial charge in [0.05, 0.1) is 5.56 Å². The zero-order valence-electron chi connectivity index (χ0n) is 17.1. The zero-order chi connectivity index (χ0) is 20.8.